The van der Waals surface area contributed by atoms with Crippen LogP contribution in [0.5, 0.6) is 0 Å². The number of anilines is 1. The van der Waals surface area contributed by atoms with Gasteiger partial charge < -0.3 is 15.1 Å². The number of carbonyl (C=O) groups is 2. The number of nitrogens with zero attached hydrogens (tertiary/aromatic N) is 2. The highest BCUT2D eigenvalue weighted by Crippen LogP contribution is 2.15. The molecule has 1 unspecified atom stereocenters. The van der Waals surface area contributed by atoms with E-state index in [-0.39, 0.29) is 22.9 Å². The Kier molecular flexibility index (Phi) is 5.43. The summed E-state index contributed by atoms with van der Waals surface area (Å²) >= 11 is 1.21. The van der Waals surface area contributed by atoms with Crippen LogP contribution in [-0.2, 0) is 6.42 Å². The Morgan fingerprint density at radius 1 is 1.19 bits per heavy atom. The van der Waals surface area contributed by atoms with Gasteiger partial charge in [0.1, 0.15) is 10.8 Å². The minimum atomic E-state index is -0.348. The van der Waals surface area contributed by atoms with E-state index in [1.807, 2.05) is 19.1 Å². The van der Waals surface area contributed by atoms with E-state index in [9.17, 15) is 9.59 Å². The van der Waals surface area contributed by atoms with Gasteiger partial charge in [-0.2, -0.15) is 0 Å². The molecular formula is C18H18N4O3S. The highest BCUT2D eigenvalue weighted by atomic mass is 32.1. The van der Waals surface area contributed by atoms with Crippen molar-refractivity contribution in [2.45, 2.75) is 26.3 Å². The van der Waals surface area contributed by atoms with Gasteiger partial charge in [0.2, 0.25) is 5.01 Å². The van der Waals surface area contributed by atoms with E-state index < -0.39 is 0 Å². The number of aromatic nitrogens is 2. The molecule has 2 heterocycles. The second-order valence-corrected chi connectivity index (χ2v) is 7.00. The van der Waals surface area contributed by atoms with Crippen molar-refractivity contribution in [3.63, 3.8) is 0 Å². The lowest BCUT2D eigenvalue weighted by Gasteiger charge is -2.13. The third-order valence-electron chi connectivity index (χ3n) is 3.57. The van der Waals surface area contributed by atoms with Gasteiger partial charge in [0.15, 0.2) is 0 Å². The highest BCUT2D eigenvalue weighted by molar-refractivity contribution is 7.13. The first kappa shape index (κ1) is 17.8. The fourth-order valence-corrected chi connectivity index (χ4v) is 2.99. The first-order valence-corrected chi connectivity index (χ1v) is 8.87. The molecule has 0 aliphatic heterocycles. The molecule has 7 nitrogen and oxygen atoms in total. The van der Waals surface area contributed by atoms with Gasteiger partial charge in [-0.05, 0) is 44.2 Å². The van der Waals surface area contributed by atoms with Gasteiger partial charge in [0.05, 0.1) is 6.26 Å². The second-order valence-electron chi connectivity index (χ2n) is 5.82. The number of hydrogen-bond acceptors (Lipinski definition) is 6. The maximum Gasteiger partial charge on any atom is 0.286 e. The van der Waals surface area contributed by atoms with E-state index in [1.54, 1.807) is 37.5 Å². The van der Waals surface area contributed by atoms with Crippen LogP contribution in [-0.4, -0.2) is 28.1 Å². The van der Waals surface area contributed by atoms with Crippen LogP contribution in [0.1, 0.15) is 37.9 Å². The Bertz CT molecular complexity index is 905. The van der Waals surface area contributed by atoms with E-state index in [2.05, 4.69) is 20.8 Å². The molecule has 134 valence electrons. The number of nitrogens with one attached hydrogen (secondary N) is 2. The molecule has 3 aromatic rings. The molecule has 26 heavy (non-hydrogen) atoms. The molecule has 0 radical (unpaired) electrons. The average molecular weight is 370 g/mol. The Morgan fingerprint density at radius 2 is 2.04 bits per heavy atom. The van der Waals surface area contributed by atoms with Gasteiger partial charge in [-0.1, -0.05) is 17.4 Å². The van der Waals surface area contributed by atoms with E-state index in [1.165, 1.54) is 11.3 Å². The van der Waals surface area contributed by atoms with Gasteiger partial charge >= 0.3 is 0 Å². The lowest BCUT2D eigenvalue weighted by molar-refractivity contribution is 0.0938. The summed E-state index contributed by atoms with van der Waals surface area (Å²) in [6.07, 6.45) is 2.21. The molecular weight excluding hydrogens is 352 g/mol. The molecule has 2 amide bonds. The molecule has 3 rings (SSSR count). The lowest BCUT2D eigenvalue weighted by atomic mass is 10.1. The summed E-state index contributed by atoms with van der Waals surface area (Å²) in [5.74, 6) is 0.248. The summed E-state index contributed by atoms with van der Waals surface area (Å²) in [7, 11) is 0. The predicted octanol–water partition coefficient (Wildman–Crippen LogP) is 3.05. The number of amides is 2. The van der Waals surface area contributed by atoms with Gasteiger partial charge in [-0.15, -0.1) is 10.2 Å². The van der Waals surface area contributed by atoms with Crippen LogP contribution >= 0.6 is 11.3 Å². The summed E-state index contributed by atoms with van der Waals surface area (Å²) in [4.78, 5) is 24.6. The smallest absolute Gasteiger partial charge is 0.286 e. The van der Waals surface area contributed by atoms with Crippen LogP contribution < -0.4 is 10.6 Å². The van der Waals surface area contributed by atoms with Crippen LogP contribution in [0.3, 0.4) is 0 Å². The Labute approximate surface area is 154 Å². The fourth-order valence-electron chi connectivity index (χ4n) is 2.40. The van der Waals surface area contributed by atoms with Gasteiger partial charge in [-0.25, -0.2) is 0 Å². The fraction of sp³-hybridized carbons (Fsp3) is 0.222. The molecule has 0 saturated carbocycles. The summed E-state index contributed by atoms with van der Waals surface area (Å²) < 4.78 is 5.29. The van der Waals surface area contributed by atoms with Crippen molar-refractivity contribution >= 4 is 28.8 Å². The molecule has 0 aliphatic rings. The molecule has 1 atom stereocenters. The number of furan rings is 1. The minimum absolute atomic E-state index is 0.0868. The van der Waals surface area contributed by atoms with Crippen molar-refractivity contribution in [2.75, 3.05) is 5.32 Å². The van der Waals surface area contributed by atoms with Crippen molar-refractivity contribution in [3.05, 3.63) is 64.0 Å². The van der Waals surface area contributed by atoms with Crippen molar-refractivity contribution in [3.8, 4) is 0 Å². The lowest BCUT2D eigenvalue weighted by Crippen LogP contribution is -2.34. The topological polar surface area (TPSA) is 97.1 Å². The minimum Gasteiger partial charge on any atom is -0.469 e. The number of benzene rings is 1. The largest absolute Gasteiger partial charge is 0.469 e. The first-order valence-electron chi connectivity index (χ1n) is 8.06. The average Bonchev–Trinajstić information content (AvgIpc) is 3.26. The van der Waals surface area contributed by atoms with Crippen molar-refractivity contribution in [1.82, 2.24) is 15.5 Å². The zero-order valence-electron chi connectivity index (χ0n) is 14.4. The second kappa shape index (κ2) is 7.92. The maximum atomic E-state index is 12.4. The number of hydrogen-bond donors (Lipinski definition) is 2. The Balaban J connectivity index is 1.62. The molecule has 0 saturated heterocycles. The molecule has 0 aliphatic carbocycles. The normalized spacial score (nSPS) is 11.8. The van der Waals surface area contributed by atoms with Gasteiger partial charge in [-0.3, -0.25) is 9.59 Å². The molecule has 1 aromatic carbocycles. The SMILES string of the molecule is Cc1nnc(C(=O)Nc2cccc(C(=O)NC(C)Cc3ccco3)c2)s1. The third-order valence-corrected chi connectivity index (χ3v) is 4.41. The van der Waals surface area contributed by atoms with Crippen LogP contribution in [0.15, 0.2) is 47.1 Å². The quantitative estimate of drug-likeness (QED) is 0.695. The molecule has 2 N–H and O–H groups in total. The Morgan fingerprint density at radius 3 is 2.73 bits per heavy atom. The van der Waals surface area contributed by atoms with Crippen molar-refractivity contribution < 1.29 is 14.0 Å². The summed E-state index contributed by atoms with van der Waals surface area (Å²) in [5, 5.41) is 14.3. The van der Waals surface area contributed by atoms with Gasteiger partial charge in [0.25, 0.3) is 11.8 Å². The van der Waals surface area contributed by atoms with E-state index >= 15 is 0 Å². The number of carbonyl (C=O) groups excluding carboxylic acids is 2. The number of aryl methyl sites for hydroxylation is 1. The zero-order valence-corrected chi connectivity index (χ0v) is 15.2. The third kappa shape index (κ3) is 4.54. The van der Waals surface area contributed by atoms with Crippen LogP contribution in [0.25, 0.3) is 0 Å². The van der Waals surface area contributed by atoms with E-state index in [4.69, 9.17) is 4.42 Å². The highest BCUT2D eigenvalue weighted by Gasteiger charge is 2.14. The van der Waals surface area contributed by atoms with Crippen molar-refractivity contribution in [2.24, 2.45) is 0 Å². The molecule has 0 bridgehead atoms. The monoisotopic (exact) mass is 370 g/mol. The summed E-state index contributed by atoms with van der Waals surface area (Å²) in [5.41, 5.74) is 0.983. The zero-order chi connectivity index (χ0) is 18.5. The maximum absolute atomic E-state index is 12.4. The van der Waals surface area contributed by atoms with Crippen LogP contribution in [0.4, 0.5) is 5.69 Å². The van der Waals surface area contributed by atoms with E-state index in [0.717, 1.165) is 5.76 Å². The summed E-state index contributed by atoms with van der Waals surface area (Å²) in [6.45, 7) is 3.69. The van der Waals surface area contributed by atoms with Crippen LogP contribution in [0.2, 0.25) is 0 Å². The standard InChI is InChI=1S/C18H18N4O3S/c1-11(9-15-7-4-8-25-15)19-16(23)13-5-3-6-14(10-13)20-17(24)18-22-21-12(2)26-18/h3-8,10-11H,9H2,1-2H3,(H,19,23)(H,20,24). The summed E-state index contributed by atoms with van der Waals surface area (Å²) in [6, 6.07) is 10.3. The molecule has 2 aromatic heterocycles. The predicted molar refractivity (Wildman–Crippen MR) is 98.4 cm³/mol. The molecule has 0 spiro atoms. The van der Waals surface area contributed by atoms with Gasteiger partial charge in [0, 0.05) is 23.7 Å². The number of rotatable bonds is 6. The Hall–Kier alpha value is -3.00. The molecule has 0 fully saturated rings. The van der Waals surface area contributed by atoms with Crippen molar-refractivity contribution in [1.29, 1.82) is 0 Å². The molecule has 8 heteroatoms. The van der Waals surface area contributed by atoms with E-state index in [0.29, 0.717) is 22.7 Å². The first-order chi connectivity index (χ1) is 12.5. The van der Waals surface area contributed by atoms with Crippen LogP contribution in [0, 0.1) is 6.92 Å².